The molecule has 10 aromatic rings. The number of pyridine rings is 3. The molecule has 0 saturated heterocycles. The fourth-order valence-electron chi connectivity index (χ4n) is 9.83. The van der Waals surface area contributed by atoms with Crippen molar-refractivity contribution in [1.82, 2.24) is 24.1 Å². The summed E-state index contributed by atoms with van der Waals surface area (Å²) in [5, 5.41) is 4.69. The predicted octanol–water partition coefficient (Wildman–Crippen LogP) is 12.3. The minimum absolute atomic E-state index is 0.457. The van der Waals surface area contributed by atoms with Crippen molar-refractivity contribution in [1.29, 1.82) is 0 Å². The zero-order chi connectivity index (χ0) is 37.5. The van der Waals surface area contributed by atoms with Crippen LogP contribution in [0.3, 0.4) is 0 Å². The largest absolute Gasteiger partial charge is 0.309 e. The van der Waals surface area contributed by atoms with Crippen LogP contribution in [0.1, 0.15) is 29.5 Å². The van der Waals surface area contributed by atoms with Crippen LogP contribution >= 0.6 is 0 Å². The zero-order valence-corrected chi connectivity index (χ0v) is 31.0. The minimum atomic E-state index is -0.457. The van der Waals surface area contributed by atoms with Gasteiger partial charge in [0.2, 0.25) is 0 Å². The highest BCUT2D eigenvalue weighted by molar-refractivity contribution is 6.12. The number of aromatic nitrogens is 5. The standard InChI is InChI=1S/C52H35N5/c1-3-10-36(11-4-1)52(37-12-5-2-6-13-37)45-15-9-27-55-51(45)42-31-50-41(30-46(42)52)40-14-7-8-16-47(40)57(50)39-23-19-35(20-24-39)34-17-21-38(22-18-34)56-48-25-28-53-32-43(48)44-33-54-29-26-49(44)56/h1,3-5,7-33H,2,6H2. The van der Waals surface area contributed by atoms with E-state index in [0.717, 1.165) is 51.7 Å². The smallest absolute Gasteiger partial charge is 0.0753 e. The SMILES string of the molecule is C1=CC(C2(c3ccccc3)c3cc4c5ccccc5n(-c5ccc(-c6ccc(-n7c8ccncc8c8cnccc87)cc6)cc5)c4cc3-c3ncccc32)=CCC1. The molecule has 268 valence electrons. The molecule has 2 aliphatic carbocycles. The molecule has 5 aromatic heterocycles. The maximum atomic E-state index is 5.11. The minimum Gasteiger partial charge on any atom is -0.309 e. The predicted molar refractivity (Wildman–Crippen MR) is 232 cm³/mol. The highest BCUT2D eigenvalue weighted by Gasteiger charge is 2.48. The van der Waals surface area contributed by atoms with Gasteiger partial charge < -0.3 is 9.13 Å². The Morgan fingerprint density at radius 1 is 0.491 bits per heavy atom. The van der Waals surface area contributed by atoms with Gasteiger partial charge in [-0.15, -0.1) is 0 Å². The number of benzene rings is 5. The third kappa shape index (κ3) is 4.54. The Kier molecular flexibility index (Phi) is 6.90. The molecule has 0 bridgehead atoms. The molecule has 0 N–H and O–H groups in total. The van der Waals surface area contributed by atoms with Crippen LogP contribution in [0.5, 0.6) is 0 Å². The van der Waals surface area contributed by atoms with E-state index in [0.29, 0.717) is 0 Å². The Morgan fingerprint density at radius 3 is 1.82 bits per heavy atom. The van der Waals surface area contributed by atoms with E-state index in [1.54, 1.807) is 0 Å². The summed E-state index contributed by atoms with van der Waals surface area (Å²) >= 11 is 0. The van der Waals surface area contributed by atoms with Gasteiger partial charge in [-0.05, 0) is 107 Å². The summed E-state index contributed by atoms with van der Waals surface area (Å²) in [7, 11) is 0. The molecule has 1 atom stereocenters. The van der Waals surface area contributed by atoms with E-state index in [9.17, 15) is 0 Å². The Morgan fingerprint density at radius 2 is 1.14 bits per heavy atom. The second kappa shape index (κ2) is 12.3. The van der Waals surface area contributed by atoms with Gasteiger partial charge in [-0.1, -0.05) is 97.1 Å². The van der Waals surface area contributed by atoms with E-state index in [2.05, 4.69) is 177 Å². The Hall–Kier alpha value is -7.37. The summed E-state index contributed by atoms with van der Waals surface area (Å²) < 4.78 is 4.72. The summed E-state index contributed by atoms with van der Waals surface area (Å²) in [4.78, 5) is 13.9. The van der Waals surface area contributed by atoms with Gasteiger partial charge in [-0.3, -0.25) is 15.0 Å². The lowest BCUT2D eigenvalue weighted by atomic mass is 9.66. The van der Waals surface area contributed by atoms with Crippen molar-refractivity contribution in [2.75, 3.05) is 0 Å². The van der Waals surface area contributed by atoms with E-state index < -0.39 is 5.41 Å². The van der Waals surface area contributed by atoms with E-state index >= 15 is 0 Å². The molecule has 0 amide bonds. The van der Waals surface area contributed by atoms with Crippen molar-refractivity contribution < 1.29 is 0 Å². The molecule has 0 fully saturated rings. The third-order valence-corrected chi connectivity index (χ3v) is 12.3. The number of allylic oxidation sites excluding steroid dienone is 4. The van der Waals surface area contributed by atoms with Gasteiger partial charge in [0.25, 0.3) is 0 Å². The maximum Gasteiger partial charge on any atom is 0.0753 e. The van der Waals surface area contributed by atoms with Crippen molar-refractivity contribution in [3.8, 4) is 33.8 Å². The average molecular weight is 730 g/mol. The molecule has 5 aromatic carbocycles. The van der Waals surface area contributed by atoms with Crippen LogP contribution in [-0.2, 0) is 5.41 Å². The first-order chi connectivity index (χ1) is 28.3. The lowest BCUT2D eigenvalue weighted by Crippen LogP contribution is -2.29. The van der Waals surface area contributed by atoms with E-state index in [4.69, 9.17) is 4.98 Å². The highest BCUT2D eigenvalue weighted by Crippen LogP contribution is 2.57. The molecule has 12 rings (SSSR count). The van der Waals surface area contributed by atoms with Crippen LogP contribution < -0.4 is 0 Å². The second-order valence-corrected chi connectivity index (χ2v) is 15.1. The Bertz CT molecular complexity index is 3220. The summed E-state index contributed by atoms with van der Waals surface area (Å²) in [6.45, 7) is 0. The third-order valence-electron chi connectivity index (χ3n) is 12.3. The van der Waals surface area contributed by atoms with Crippen LogP contribution in [0.25, 0.3) is 77.4 Å². The van der Waals surface area contributed by atoms with Gasteiger partial charge in [0.05, 0.1) is 33.2 Å². The lowest BCUT2D eigenvalue weighted by molar-refractivity contribution is 0.750. The molecule has 57 heavy (non-hydrogen) atoms. The van der Waals surface area contributed by atoms with Gasteiger partial charge in [0.15, 0.2) is 0 Å². The summed E-state index contributed by atoms with van der Waals surface area (Å²) in [6.07, 6.45) is 18.7. The van der Waals surface area contributed by atoms with E-state index in [-0.39, 0.29) is 0 Å². The van der Waals surface area contributed by atoms with E-state index in [1.807, 2.05) is 31.0 Å². The van der Waals surface area contributed by atoms with E-state index in [1.165, 1.54) is 60.8 Å². The lowest BCUT2D eigenvalue weighted by Gasteiger charge is -2.35. The second-order valence-electron chi connectivity index (χ2n) is 15.1. The molecule has 0 radical (unpaired) electrons. The van der Waals surface area contributed by atoms with Crippen molar-refractivity contribution in [3.05, 3.63) is 211 Å². The Labute approximate surface area is 329 Å². The molecule has 5 heterocycles. The molecule has 5 heteroatoms. The quantitative estimate of drug-likeness (QED) is 0.177. The average Bonchev–Trinajstić information content (AvgIpc) is 3.90. The number of hydrogen-bond acceptors (Lipinski definition) is 3. The molecule has 0 aliphatic heterocycles. The van der Waals surface area contributed by atoms with Crippen molar-refractivity contribution in [3.63, 3.8) is 0 Å². The fraction of sp³-hybridized carbons (Fsp3) is 0.0577. The fourth-order valence-corrected chi connectivity index (χ4v) is 9.83. The Balaban J connectivity index is 0.997. The number of fused-ring (bicyclic) bond motifs is 9. The van der Waals surface area contributed by atoms with Crippen LogP contribution in [-0.4, -0.2) is 24.1 Å². The molecule has 0 spiro atoms. The summed E-state index contributed by atoms with van der Waals surface area (Å²) in [5.74, 6) is 0. The van der Waals surface area contributed by atoms with Gasteiger partial charge in [-0.2, -0.15) is 0 Å². The number of rotatable bonds is 5. The first kappa shape index (κ1) is 31.9. The van der Waals surface area contributed by atoms with Crippen LogP contribution in [0.2, 0.25) is 0 Å². The molecule has 1 unspecified atom stereocenters. The first-order valence-electron chi connectivity index (χ1n) is 19.6. The van der Waals surface area contributed by atoms with Gasteiger partial charge in [0, 0.05) is 69.5 Å². The van der Waals surface area contributed by atoms with Crippen molar-refractivity contribution >= 4 is 43.6 Å². The molecular formula is C52H35N5. The highest BCUT2D eigenvalue weighted by atomic mass is 15.0. The number of para-hydroxylation sites is 1. The van der Waals surface area contributed by atoms with Crippen molar-refractivity contribution in [2.45, 2.75) is 18.3 Å². The van der Waals surface area contributed by atoms with Crippen LogP contribution in [0, 0.1) is 0 Å². The van der Waals surface area contributed by atoms with Gasteiger partial charge in [0.1, 0.15) is 0 Å². The molecule has 5 nitrogen and oxygen atoms in total. The van der Waals surface area contributed by atoms with Gasteiger partial charge in [-0.25, -0.2) is 0 Å². The number of hydrogen-bond donors (Lipinski definition) is 0. The number of nitrogens with zero attached hydrogens (tertiary/aromatic N) is 5. The first-order valence-corrected chi connectivity index (χ1v) is 19.6. The van der Waals surface area contributed by atoms with Gasteiger partial charge >= 0.3 is 0 Å². The van der Waals surface area contributed by atoms with Crippen LogP contribution in [0.4, 0.5) is 0 Å². The summed E-state index contributed by atoms with van der Waals surface area (Å²) in [6, 6.07) is 51.1. The molecule has 0 saturated carbocycles. The molecule has 2 aliphatic rings. The monoisotopic (exact) mass is 729 g/mol. The normalized spacial score (nSPS) is 16.0. The maximum absolute atomic E-state index is 5.11. The zero-order valence-electron chi connectivity index (χ0n) is 31.0. The van der Waals surface area contributed by atoms with Crippen LogP contribution in [0.15, 0.2) is 194 Å². The topological polar surface area (TPSA) is 48.5 Å². The summed E-state index contributed by atoms with van der Waals surface area (Å²) in [5.41, 5.74) is 16.1. The molecular weight excluding hydrogens is 695 g/mol. The van der Waals surface area contributed by atoms with Crippen molar-refractivity contribution in [2.24, 2.45) is 0 Å².